The summed E-state index contributed by atoms with van der Waals surface area (Å²) >= 11 is 5.35. The number of halogens is 6. The van der Waals surface area contributed by atoms with E-state index in [0.29, 0.717) is 6.07 Å². The van der Waals surface area contributed by atoms with Crippen LogP contribution in [0.4, 0.5) is 22.0 Å². The van der Waals surface area contributed by atoms with Crippen LogP contribution in [-0.2, 0) is 22.1 Å². The van der Waals surface area contributed by atoms with Crippen LogP contribution in [0.25, 0.3) is 0 Å². The molecule has 0 aromatic carbocycles. The summed E-state index contributed by atoms with van der Waals surface area (Å²) in [6.07, 6.45) is -9.04. The Hall–Kier alpha value is -1.44. The minimum atomic E-state index is -5.03. The molecule has 20 heavy (non-hydrogen) atoms. The number of aromatic nitrogens is 1. The molecule has 112 valence electrons. The molecule has 0 bridgehead atoms. The fourth-order valence-corrected chi connectivity index (χ4v) is 1.76. The molecule has 0 amide bonds. The van der Waals surface area contributed by atoms with Gasteiger partial charge in [0.15, 0.2) is 0 Å². The van der Waals surface area contributed by atoms with Crippen molar-refractivity contribution in [2.75, 3.05) is 6.61 Å². The van der Waals surface area contributed by atoms with Crippen molar-refractivity contribution in [3.05, 3.63) is 28.0 Å². The van der Waals surface area contributed by atoms with Crippen LogP contribution in [0, 0.1) is 0 Å². The van der Waals surface area contributed by atoms with Gasteiger partial charge in [-0.05, 0) is 13.0 Å². The number of alkyl halides is 5. The van der Waals surface area contributed by atoms with Gasteiger partial charge in [-0.1, -0.05) is 11.6 Å². The minimum absolute atomic E-state index is 0.0355. The Balaban J connectivity index is 3.25. The summed E-state index contributed by atoms with van der Waals surface area (Å²) < 4.78 is 67.9. The van der Waals surface area contributed by atoms with Crippen LogP contribution in [0.15, 0.2) is 6.07 Å². The largest absolute Gasteiger partial charge is 0.466 e. The summed E-state index contributed by atoms with van der Waals surface area (Å²) in [7, 11) is 0. The van der Waals surface area contributed by atoms with Crippen LogP contribution < -0.4 is 0 Å². The Labute approximate surface area is 115 Å². The van der Waals surface area contributed by atoms with E-state index < -0.39 is 41.3 Å². The van der Waals surface area contributed by atoms with Crippen LogP contribution in [0.2, 0.25) is 5.15 Å². The summed E-state index contributed by atoms with van der Waals surface area (Å²) in [5.74, 6) is -0.825. The molecule has 0 unspecified atom stereocenters. The van der Waals surface area contributed by atoms with Gasteiger partial charge in [-0.3, -0.25) is 4.79 Å². The molecule has 1 rings (SSSR count). The molecule has 0 N–H and O–H groups in total. The first kappa shape index (κ1) is 16.6. The number of rotatable bonds is 4. The molecule has 1 aromatic heterocycles. The Bertz CT molecular complexity index is 504. The van der Waals surface area contributed by atoms with E-state index in [1.165, 1.54) is 6.92 Å². The second kappa shape index (κ2) is 6.34. The predicted octanol–water partition coefficient (Wildman–Crippen LogP) is 3.80. The van der Waals surface area contributed by atoms with Gasteiger partial charge in [0.25, 0.3) is 6.43 Å². The quantitative estimate of drug-likeness (QED) is 0.482. The molecule has 0 fully saturated rings. The Kier molecular flexibility index (Phi) is 5.27. The number of hydrogen-bond donors (Lipinski definition) is 0. The average molecular weight is 318 g/mol. The molecule has 0 aliphatic heterocycles. The van der Waals surface area contributed by atoms with Crippen molar-refractivity contribution in [2.24, 2.45) is 0 Å². The van der Waals surface area contributed by atoms with Gasteiger partial charge in [-0.25, -0.2) is 13.8 Å². The normalized spacial score (nSPS) is 11.8. The lowest BCUT2D eigenvalue weighted by Gasteiger charge is -2.15. The maximum atomic E-state index is 12.7. The van der Waals surface area contributed by atoms with E-state index >= 15 is 0 Å². The smallest absolute Gasteiger partial charge is 0.417 e. The lowest BCUT2D eigenvalue weighted by molar-refractivity contribution is -0.143. The van der Waals surface area contributed by atoms with Gasteiger partial charge in [-0.2, -0.15) is 13.2 Å². The number of esters is 1. The van der Waals surface area contributed by atoms with E-state index in [-0.39, 0.29) is 12.3 Å². The van der Waals surface area contributed by atoms with E-state index in [0.717, 1.165) is 0 Å². The predicted molar refractivity (Wildman–Crippen MR) is 59.5 cm³/mol. The molecule has 0 atom stereocenters. The zero-order valence-electron chi connectivity index (χ0n) is 10.1. The third kappa shape index (κ3) is 4.03. The highest BCUT2D eigenvalue weighted by Gasteiger charge is 2.38. The first-order valence-electron chi connectivity index (χ1n) is 5.37. The van der Waals surface area contributed by atoms with Gasteiger partial charge >= 0.3 is 12.1 Å². The van der Waals surface area contributed by atoms with Crippen LogP contribution in [0.3, 0.4) is 0 Å². The molecule has 0 saturated carbocycles. The second-order valence-corrected chi connectivity index (χ2v) is 4.00. The number of ether oxygens (including phenoxy) is 1. The number of carbonyl (C=O) groups is 1. The van der Waals surface area contributed by atoms with E-state index in [1.54, 1.807) is 0 Å². The number of carbonyl (C=O) groups excluding carboxylic acids is 1. The highest BCUT2D eigenvalue weighted by Crippen LogP contribution is 2.39. The van der Waals surface area contributed by atoms with Gasteiger partial charge in [0.2, 0.25) is 0 Å². The Morgan fingerprint density at radius 1 is 1.45 bits per heavy atom. The molecular formula is C11H9ClF5NO2. The molecular weight excluding hydrogens is 309 g/mol. The van der Waals surface area contributed by atoms with Crippen molar-refractivity contribution in [1.82, 2.24) is 4.98 Å². The Morgan fingerprint density at radius 3 is 2.50 bits per heavy atom. The maximum Gasteiger partial charge on any atom is 0.417 e. The summed E-state index contributed by atoms with van der Waals surface area (Å²) in [6, 6.07) is 0.379. The van der Waals surface area contributed by atoms with Crippen molar-refractivity contribution >= 4 is 17.6 Å². The van der Waals surface area contributed by atoms with Gasteiger partial charge in [0, 0.05) is 0 Å². The molecule has 0 spiro atoms. The van der Waals surface area contributed by atoms with Gasteiger partial charge in [-0.15, -0.1) is 0 Å². The van der Waals surface area contributed by atoms with E-state index in [1.807, 2.05) is 0 Å². The number of nitrogens with zero attached hydrogens (tertiary/aromatic N) is 1. The number of hydrogen-bond acceptors (Lipinski definition) is 3. The first-order valence-corrected chi connectivity index (χ1v) is 5.74. The topological polar surface area (TPSA) is 39.2 Å². The third-order valence-electron chi connectivity index (χ3n) is 2.22. The van der Waals surface area contributed by atoms with Crippen LogP contribution >= 0.6 is 11.6 Å². The Morgan fingerprint density at radius 2 is 2.05 bits per heavy atom. The van der Waals surface area contributed by atoms with Gasteiger partial charge in [0.05, 0.1) is 29.8 Å². The average Bonchev–Trinajstić information content (AvgIpc) is 2.26. The summed E-state index contributed by atoms with van der Waals surface area (Å²) in [5.41, 5.74) is -3.39. The maximum absolute atomic E-state index is 12.7. The highest BCUT2D eigenvalue weighted by molar-refractivity contribution is 6.30. The number of pyridine rings is 1. The molecule has 0 radical (unpaired) electrons. The van der Waals surface area contributed by atoms with Crippen LogP contribution in [0.5, 0.6) is 0 Å². The first-order chi connectivity index (χ1) is 9.16. The molecule has 0 saturated heterocycles. The van der Waals surface area contributed by atoms with Crippen LogP contribution in [0.1, 0.15) is 30.2 Å². The fraction of sp³-hybridized carbons (Fsp3) is 0.455. The zero-order chi connectivity index (χ0) is 15.5. The molecule has 3 nitrogen and oxygen atoms in total. The SMILES string of the molecule is CCOC(=O)Cc1cc(C(F)(F)F)c(C(F)F)c(Cl)n1. The molecule has 1 heterocycles. The molecule has 1 aromatic rings. The minimum Gasteiger partial charge on any atom is -0.466 e. The monoisotopic (exact) mass is 317 g/mol. The summed E-state index contributed by atoms with van der Waals surface area (Å²) in [4.78, 5) is 14.5. The fourth-order valence-electron chi connectivity index (χ4n) is 1.47. The molecule has 0 aliphatic rings. The summed E-state index contributed by atoms with van der Waals surface area (Å²) in [5, 5.41) is -0.978. The molecule has 9 heteroatoms. The van der Waals surface area contributed by atoms with Gasteiger partial charge in [0.1, 0.15) is 5.15 Å². The highest BCUT2D eigenvalue weighted by atomic mass is 35.5. The standard InChI is InChI=1S/C11H9ClF5NO2/c1-2-20-7(19)4-5-3-6(11(15,16)17)8(10(13)14)9(12)18-5/h3,10H,2,4H2,1H3. The van der Waals surface area contributed by atoms with Crippen molar-refractivity contribution in [3.63, 3.8) is 0 Å². The van der Waals surface area contributed by atoms with Crippen molar-refractivity contribution in [3.8, 4) is 0 Å². The summed E-state index contributed by atoms with van der Waals surface area (Å²) in [6.45, 7) is 1.55. The van der Waals surface area contributed by atoms with Crippen molar-refractivity contribution < 1.29 is 31.5 Å². The lowest BCUT2D eigenvalue weighted by atomic mass is 10.1. The third-order valence-corrected chi connectivity index (χ3v) is 2.51. The lowest BCUT2D eigenvalue weighted by Crippen LogP contribution is -2.15. The van der Waals surface area contributed by atoms with Crippen LogP contribution in [-0.4, -0.2) is 17.6 Å². The van der Waals surface area contributed by atoms with E-state index in [2.05, 4.69) is 9.72 Å². The van der Waals surface area contributed by atoms with E-state index in [4.69, 9.17) is 11.6 Å². The molecule has 0 aliphatic carbocycles. The van der Waals surface area contributed by atoms with E-state index in [9.17, 15) is 26.7 Å². The van der Waals surface area contributed by atoms with Crippen molar-refractivity contribution in [2.45, 2.75) is 25.9 Å². The second-order valence-electron chi connectivity index (χ2n) is 3.65. The van der Waals surface area contributed by atoms with Crippen molar-refractivity contribution in [1.29, 1.82) is 0 Å². The van der Waals surface area contributed by atoms with Gasteiger partial charge < -0.3 is 4.74 Å². The zero-order valence-corrected chi connectivity index (χ0v) is 10.9.